The van der Waals surface area contributed by atoms with Gasteiger partial charge in [0.25, 0.3) is 0 Å². The molecular weight excluding hydrogens is 219 g/mol. The molecule has 0 saturated carbocycles. The summed E-state index contributed by atoms with van der Waals surface area (Å²) in [5.74, 6) is 0. The van der Waals surface area contributed by atoms with E-state index in [1.807, 2.05) is 0 Å². The van der Waals surface area contributed by atoms with Gasteiger partial charge < -0.3 is 5.32 Å². The molecule has 0 amide bonds. The average molecular weight is 237 g/mol. The Labute approximate surface area is 96.2 Å². The summed E-state index contributed by atoms with van der Waals surface area (Å²) < 4.78 is 0. The van der Waals surface area contributed by atoms with Crippen molar-refractivity contribution in [3.8, 4) is 0 Å². The monoisotopic (exact) mass is 236 g/mol. The Morgan fingerprint density at radius 1 is 1.64 bits per heavy atom. The summed E-state index contributed by atoms with van der Waals surface area (Å²) in [4.78, 5) is 2.37. The predicted octanol–water partition coefficient (Wildman–Crippen LogP) is 2.38. The zero-order valence-electron chi connectivity index (χ0n) is 8.60. The van der Waals surface area contributed by atoms with E-state index in [1.54, 1.807) is 0 Å². The molecule has 0 bridgehead atoms. The van der Waals surface area contributed by atoms with Crippen LogP contribution >= 0.6 is 23.2 Å². The zero-order chi connectivity index (χ0) is 10.4. The maximum Gasteiger partial charge on any atom is 0.0434 e. The molecule has 1 aliphatic rings. The third-order valence-corrected chi connectivity index (χ3v) is 3.27. The lowest BCUT2D eigenvalue weighted by Crippen LogP contribution is -2.46. The van der Waals surface area contributed by atoms with Crippen LogP contribution in [0.25, 0.3) is 0 Å². The van der Waals surface area contributed by atoms with Crippen LogP contribution in [0.4, 0.5) is 0 Å². The van der Waals surface area contributed by atoms with Crippen LogP contribution in [0.2, 0.25) is 0 Å². The number of piperidine rings is 1. The van der Waals surface area contributed by atoms with Crippen molar-refractivity contribution in [2.45, 2.75) is 25.8 Å². The number of nitrogens with one attached hydrogen (secondary N) is 1. The van der Waals surface area contributed by atoms with Crippen LogP contribution in [-0.4, -0.2) is 37.1 Å². The van der Waals surface area contributed by atoms with E-state index in [1.165, 1.54) is 18.4 Å². The lowest BCUT2D eigenvalue weighted by molar-refractivity contribution is 0.190. The van der Waals surface area contributed by atoms with Crippen molar-refractivity contribution >= 4 is 23.2 Å². The van der Waals surface area contributed by atoms with Crippen molar-refractivity contribution in [1.82, 2.24) is 10.2 Å². The first-order valence-corrected chi connectivity index (χ1v) is 5.99. The molecule has 1 fully saturated rings. The summed E-state index contributed by atoms with van der Waals surface area (Å²) >= 11 is 11.5. The summed E-state index contributed by atoms with van der Waals surface area (Å²) in [6.07, 6.45) is 2.51. The molecule has 0 radical (unpaired) electrons. The van der Waals surface area contributed by atoms with Gasteiger partial charge in [0.15, 0.2) is 0 Å². The predicted molar refractivity (Wildman–Crippen MR) is 62.9 cm³/mol. The van der Waals surface area contributed by atoms with Crippen LogP contribution in [0.1, 0.15) is 19.8 Å². The van der Waals surface area contributed by atoms with Gasteiger partial charge in [-0.05, 0) is 25.9 Å². The van der Waals surface area contributed by atoms with Gasteiger partial charge in [0.05, 0.1) is 0 Å². The molecule has 1 heterocycles. The SMILES string of the molecule is CCN(CC(Cl)=CCl)C1CCCNC1. The molecule has 1 N–H and O–H groups in total. The molecular formula is C10H18Cl2N2. The summed E-state index contributed by atoms with van der Waals surface area (Å²) in [5, 5.41) is 4.13. The molecule has 82 valence electrons. The van der Waals surface area contributed by atoms with E-state index < -0.39 is 0 Å². The van der Waals surface area contributed by atoms with Gasteiger partial charge in [-0.15, -0.1) is 0 Å². The van der Waals surface area contributed by atoms with Gasteiger partial charge in [-0.25, -0.2) is 0 Å². The number of rotatable bonds is 4. The number of hydrogen-bond acceptors (Lipinski definition) is 2. The molecule has 1 unspecified atom stereocenters. The van der Waals surface area contributed by atoms with Crippen LogP contribution < -0.4 is 5.32 Å². The van der Waals surface area contributed by atoms with E-state index in [-0.39, 0.29) is 0 Å². The Hall–Kier alpha value is 0.240. The van der Waals surface area contributed by atoms with Crippen LogP contribution in [0, 0.1) is 0 Å². The fourth-order valence-corrected chi connectivity index (χ4v) is 2.10. The fourth-order valence-electron chi connectivity index (χ4n) is 1.87. The highest BCUT2D eigenvalue weighted by Crippen LogP contribution is 2.14. The minimum atomic E-state index is 0.610. The molecule has 1 aliphatic heterocycles. The molecule has 0 spiro atoms. The van der Waals surface area contributed by atoms with E-state index >= 15 is 0 Å². The van der Waals surface area contributed by atoms with Crippen LogP contribution in [0.15, 0.2) is 10.6 Å². The fraction of sp³-hybridized carbons (Fsp3) is 0.800. The van der Waals surface area contributed by atoms with E-state index in [0.717, 1.165) is 31.2 Å². The summed E-state index contributed by atoms with van der Waals surface area (Å²) in [6, 6.07) is 0.610. The Kier molecular flexibility index (Phi) is 5.87. The second-order valence-electron chi connectivity index (χ2n) is 3.62. The zero-order valence-corrected chi connectivity index (χ0v) is 10.1. The topological polar surface area (TPSA) is 15.3 Å². The van der Waals surface area contributed by atoms with Gasteiger partial charge >= 0.3 is 0 Å². The van der Waals surface area contributed by atoms with E-state index in [0.29, 0.717) is 6.04 Å². The first-order chi connectivity index (χ1) is 6.77. The Morgan fingerprint density at radius 3 is 2.93 bits per heavy atom. The van der Waals surface area contributed by atoms with E-state index in [4.69, 9.17) is 23.2 Å². The standard InChI is InChI=1S/C10H18Cl2N2/c1-2-14(8-9(12)6-11)10-4-3-5-13-7-10/h6,10,13H,2-5,7-8H2,1H3. The first-order valence-electron chi connectivity index (χ1n) is 5.17. The third kappa shape index (κ3) is 3.77. The van der Waals surface area contributed by atoms with Crippen molar-refractivity contribution in [2.75, 3.05) is 26.2 Å². The highest BCUT2D eigenvalue weighted by molar-refractivity contribution is 6.36. The summed E-state index contributed by atoms with van der Waals surface area (Å²) in [5.41, 5.74) is 1.46. The second kappa shape index (κ2) is 6.67. The molecule has 1 saturated heterocycles. The van der Waals surface area contributed by atoms with Crippen molar-refractivity contribution in [3.63, 3.8) is 0 Å². The summed E-state index contributed by atoms with van der Waals surface area (Å²) in [7, 11) is 0. The second-order valence-corrected chi connectivity index (χ2v) is 4.32. The number of likely N-dealkylation sites (N-methyl/N-ethyl adjacent to an activating group) is 1. The number of nitrogens with zero attached hydrogens (tertiary/aromatic N) is 1. The van der Waals surface area contributed by atoms with Crippen LogP contribution in [-0.2, 0) is 0 Å². The van der Waals surface area contributed by atoms with Crippen molar-refractivity contribution in [2.24, 2.45) is 0 Å². The largest absolute Gasteiger partial charge is 0.315 e. The number of halogens is 2. The summed E-state index contributed by atoms with van der Waals surface area (Å²) in [6.45, 7) is 6.17. The molecule has 4 heteroatoms. The molecule has 0 aromatic carbocycles. The molecule has 0 aromatic rings. The average Bonchev–Trinajstić information content (AvgIpc) is 2.26. The van der Waals surface area contributed by atoms with Gasteiger partial charge in [-0.3, -0.25) is 4.90 Å². The van der Waals surface area contributed by atoms with E-state index in [9.17, 15) is 0 Å². The van der Waals surface area contributed by atoms with Gasteiger partial charge in [0.1, 0.15) is 0 Å². The smallest absolute Gasteiger partial charge is 0.0434 e. The molecule has 1 rings (SSSR count). The highest BCUT2D eigenvalue weighted by atomic mass is 35.5. The maximum atomic E-state index is 5.93. The van der Waals surface area contributed by atoms with Gasteiger partial charge in [0, 0.05) is 29.7 Å². The van der Waals surface area contributed by atoms with Crippen molar-refractivity contribution in [3.05, 3.63) is 10.6 Å². The minimum absolute atomic E-state index is 0.610. The third-order valence-electron chi connectivity index (χ3n) is 2.67. The molecule has 14 heavy (non-hydrogen) atoms. The molecule has 0 aliphatic carbocycles. The Morgan fingerprint density at radius 2 is 2.43 bits per heavy atom. The van der Waals surface area contributed by atoms with E-state index in [2.05, 4.69) is 17.1 Å². The molecule has 0 aromatic heterocycles. The quantitative estimate of drug-likeness (QED) is 0.807. The van der Waals surface area contributed by atoms with Crippen LogP contribution in [0.3, 0.4) is 0 Å². The Balaban J connectivity index is 2.43. The molecule has 1 atom stereocenters. The van der Waals surface area contributed by atoms with Crippen LogP contribution in [0.5, 0.6) is 0 Å². The lowest BCUT2D eigenvalue weighted by Gasteiger charge is -2.33. The van der Waals surface area contributed by atoms with Gasteiger partial charge in [-0.2, -0.15) is 0 Å². The minimum Gasteiger partial charge on any atom is -0.315 e. The number of hydrogen-bond donors (Lipinski definition) is 1. The van der Waals surface area contributed by atoms with Crippen molar-refractivity contribution < 1.29 is 0 Å². The Bertz CT molecular complexity index is 189. The molecule has 2 nitrogen and oxygen atoms in total. The normalized spacial score (nSPS) is 24.3. The lowest BCUT2D eigenvalue weighted by atomic mass is 10.1. The first kappa shape index (κ1) is 12.3. The highest BCUT2D eigenvalue weighted by Gasteiger charge is 2.19. The maximum absolute atomic E-state index is 5.93. The van der Waals surface area contributed by atoms with Crippen molar-refractivity contribution in [1.29, 1.82) is 0 Å². The van der Waals surface area contributed by atoms with Gasteiger partial charge in [0.2, 0.25) is 0 Å². The van der Waals surface area contributed by atoms with Gasteiger partial charge in [-0.1, -0.05) is 30.1 Å².